The van der Waals surface area contributed by atoms with Crippen molar-refractivity contribution >= 4 is 17.5 Å². The van der Waals surface area contributed by atoms with Gasteiger partial charge in [-0.25, -0.2) is 4.98 Å². The van der Waals surface area contributed by atoms with Crippen LogP contribution in [0.4, 0.5) is 13.2 Å². The zero-order chi connectivity index (χ0) is 24.8. The van der Waals surface area contributed by atoms with Gasteiger partial charge in [0.15, 0.2) is 0 Å². The Bertz CT molecular complexity index is 1170. The highest BCUT2D eigenvalue weighted by Gasteiger charge is 2.34. The number of alkyl halides is 3. The highest BCUT2D eigenvalue weighted by Crippen LogP contribution is 2.29. The topological polar surface area (TPSA) is 75.9 Å². The van der Waals surface area contributed by atoms with Crippen LogP contribution in [0.3, 0.4) is 0 Å². The first-order valence-corrected chi connectivity index (χ1v) is 11.6. The zero-order valence-electron chi connectivity index (χ0n) is 19.1. The number of carbonyl (C=O) groups is 2. The van der Waals surface area contributed by atoms with E-state index in [1.807, 2.05) is 0 Å². The number of carbonyl (C=O) groups excluding carboxylic acids is 2. The maximum atomic E-state index is 12.8. The third-order valence-electron chi connectivity index (χ3n) is 6.22. The highest BCUT2D eigenvalue weighted by atomic mass is 19.4. The van der Waals surface area contributed by atoms with Crippen LogP contribution in [0, 0.1) is 5.92 Å². The number of hydrogen-bond donors (Lipinski definition) is 1. The van der Waals surface area contributed by atoms with Gasteiger partial charge in [-0.05, 0) is 49.4 Å². The van der Waals surface area contributed by atoms with Crippen molar-refractivity contribution in [3.63, 3.8) is 0 Å². The van der Waals surface area contributed by atoms with E-state index < -0.39 is 18.0 Å². The van der Waals surface area contributed by atoms with Crippen molar-refractivity contribution in [2.24, 2.45) is 5.92 Å². The molecule has 186 valence electrons. The molecule has 2 amide bonds. The summed E-state index contributed by atoms with van der Waals surface area (Å²) in [4.78, 5) is 30.9. The quantitative estimate of drug-likeness (QED) is 0.467. The Morgan fingerprint density at radius 1 is 1.09 bits per heavy atom. The van der Waals surface area contributed by atoms with E-state index in [0.29, 0.717) is 31.1 Å². The van der Waals surface area contributed by atoms with E-state index in [4.69, 9.17) is 0 Å². The minimum Gasteiger partial charge on any atom is -0.405 e. The molecule has 2 aromatic heterocycles. The van der Waals surface area contributed by atoms with Gasteiger partial charge in [0.25, 0.3) is 11.8 Å². The molecule has 0 saturated carbocycles. The van der Waals surface area contributed by atoms with E-state index in [2.05, 4.69) is 15.0 Å². The second kappa shape index (κ2) is 10.8. The maximum Gasteiger partial charge on any atom is 0.573 e. The Labute approximate surface area is 200 Å². The normalized spacial score (nSPS) is 14.8. The van der Waals surface area contributed by atoms with Gasteiger partial charge in [-0.15, -0.1) is 13.2 Å². The lowest BCUT2D eigenvalue weighted by Crippen LogP contribution is -2.38. The number of halogens is 3. The number of unbranched alkanes of at least 4 members (excludes halogenated alkanes) is 1. The minimum absolute atomic E-state index is 0.0776. The van der Waals surface area contributed by atoms with Gasteiger partial charge in [0.05, 0.1) is 11.1 Å². The van der Waals surface area contributed by atoms with Crippen LogP contribution in [0.1, 0.15) is 52.8 Å². The Kier molecular flexibility index (Phi) is 7.57. The number of para-hydroxylation sites is 1. The van der Waals surface area contributed by atoms with Crippen molar-refractivity contribution in [2.45, 2.75) is 38.5 Å². The Morgan fingerprint density at radius 2 is 1.86 bits per heavy atom. The van der Waals surface area contributed by atoms with E-state index >= 15 is 0 Å². The average Bonchev–Trinajstić information content (AvgIpc) is 3.31. The van der Waals surface area contributed by atoms with Gasteiger partial charge in [0, 0.05) is 38.2 Å². The van der Waals surface area contributed by atoms with E-state index in [1.165, 1.54) is 18.2 Å². The summed E-state index contributed by atoms with van der Waals surface area (Å²) in [7, 11) is 0. The van der Waals surface area contributed by atoms with Crippen LogP contribution in [0.5, 0.6) is 5.75 Å². The molecule has 0 unspecified atom stereocenters. The standard InChI is InChI=1S/C25H27F3N4O3/c26-25(27,28)35-21-7-2-1-6-20(21)24(34)31-14-10-18(11-15-31)5-3-4-12-30-23(33)19-8-9-22-29-13-16-32(22)17-19/h1-2,6-9,13,16-18H,3-5,10-12,14-15H2,(H,30,33). The first-order chi connectivity index (χ1) is 16.8. The van der Waals surface area contributed by atoms with Gasteiger partial charge in [0.1, 0.15) is 11.4 Å². The van der Waals surface area contributed by atoms with E-state index in [0.717, 1.165) is 43.8 Å². The molecule has 1 N–H and O–H groups in total. The zero-order valence-corrected chi connectivity index (χ0v) is 19.1. The number of imidazole rings is 1. The van der Waals surface area contributed by atoms with Crippen LogP contribution < -0.4 is 10.1 Å². The number of ether oxygens (including phenoxy) is 1. The number of aromatic nitrogens is 2. The van der Waals surface area contributed by atoms with E-state index in [1.54, 1.807) is 40.0 Å². The average molecular weight is 489 g/mol. The second-order valence-electron chi connectivity index (χ2n) is 8.64. The van der Waals surface area contributed by atoms with Gasteiger partial charge in [-0.2, -0.15) is 0 Å². The lowest BCUT2D eigenvalue weighted by atomic mass is 9.91. The molecule has 10 heteroatoms. The molecule has 7 nitrogen and oxygen atoms in total. The Balaban J connectivity index is 1.17. The van der Waals surface area contributed by atoms with Gasteiger partial charge in [-0.3, -0.25) is 9.59 Å². The molecule has 3 aromatic rings. The summed E-state index contributed by atoms with van der Waals surface area (Å²) in [5, 5.41) is 2.94. The first kappa shape index (κ1) is 24.6. The molecule has 0 spiro atoms. The fourth-order valence-electron chi connectivity index (χ4n) is 4.37. The summed E-state index contributed by atoms with van der Waals surface area (Å²) in [6, 6.07) is 9.00. The predicted molar refractivity (Wildman–Crippen MR) is 123 cm³/mol. The number of piperidine rings is 1. The highest BCUT2D eigenvalue weighted by molar-refractivity contribution is 5.97. The molecule has 0 radical (unpaired) electrons. The monoisotopic (exact) mass is 488 g/mol. The number of hydrogen-bond acceptors (Lipinski definition) is 4. The Morgan fingerprint density at radius 3 is 2.63 bits per heavy atom. The smallest absolute Gasteiger partial charge is 0.405 e. The fourth-order valence-corrected chi connectivity index (χ4v) is 4.37. The van der Waals surface area contributed by atoms with Crippen molar-refractivity contribution in [2.75, 3.05) is 19.6 Å². The van der Waals surface area contributed by atoms with Crippen molar-refractivity contribution in [1.82, 2.24) is 19.6 Å². The number of fused-ring (bicyclic) bond motifs is 1. The number of pyridine rings is 1. The van der Waals surface area contributed by atoms with Crippen molar-refractivity contribution in [3.05, 3.63) is 66.1 Å². The molecular formula is C25H27F3N4O3. The van der Waals surface area contributed by atoms with Crippen molar-refractivity contribution in [3.8, 4) is 5.75 Å². The predicted octanol–water partition coefficient (Wildman–Crippen LogP) is 4.69. The summed E-state index contributed by atoms with van der Waals surface area (Å²) >= 11 is 0. The molecule has 4 rings (SSSR count). The number of likely N-dealkylation sites (tertiary alicyclic amines) is 1. The van der Waals surface area contributed by atoms with Gasteiger partial charge in [0.2, 0.25) is 0 Å². The molecule has 0 aliphatic carbocycles. The molecule has 0 bridgehead atoms. The van der Waals surface area contributed by atoms with E-state index in [9.17, 15) is 22.8 Å². The number of nitrogens with zero attached hydrogens (tertiary/aromatic N) is 3. The molecule has 1 fully saturated rings. The van der Waals surface area contributed by atoms with Crippen LogP contribution in [-0.2, 0) is 0 Å². The van der Waals surface area contributed by atoms with Gasteiger partial charge < -0.3 is 19.4 Å². The van der Waals surface area contributed by atoms with Crippen LogP contribution in [0.2, 0.25) is 0 Å². The molecule has 0 atom stereocenters. The fraction of sp³-hybridized carbons (Fsp3) is 0.400. The van der Waals surface area contributed by atoms with Crippen LogP contribution in [0.25, 0.3) is 5.65 Å². The van der Waals surface area contributed by atoms with E-state index in [-0.39, 0.29) is 11.5 Å². The first-order valence-electron chi connectivity index (χ1n) is 11.6. The molecule has 1 saturated heterocycles. The second-order valence-corrected chi connectivity index (χ2v) is 8.64. The van der Waals surface area contributed by atoms with Crippen molar-refractivity contribution < 1.29 is 27.5 Å². The van der Waals surface area contributed by atoms with Crippen molar-refractivity contribution in [1.29, 1.82) is 0 Å². The summed E-state index contributed by atoms with van der Waals surface area (Å²) in [6.45, 7) is 1.57. The van der Waals surface area contributed by atoms with Crippen LogP contribution in [0.15, 0.2) is 55.0 Å². The minimum atomic E-state index is -4.85. The lowest BCUT2D eigenvalue weighted by molar-refractivity contribution is -0.274. The summed E-state index contributed by atoms with van der Waals surface area (Å²) < 4.78 is 43.8. The number of benzene rings is 1. The molecule has 3 heterocycles. The SMILES string of the molecule is O=C(NCCCCC1CCN(C(=O)c2ccccc2OC(F)(F)F)CC1)c1ccc2nccn2c1. The summed E-state index contributed by atoms with van der Waals surface area (Å²) in [5.74, 6) is -0.596. The molecule has 35 heavy (non-hydrogen) atoms. The summed E-state index contributed by atoms with van der Waals surface area (Å²) in [5.41, 5.74) is 1.29. The van der Waals surface area contributed by atoms with Gasteiger partial charge in [-0.1, -0.05) is 25.0 Å². The third-order valence-corrected chi connectivity index (χ3v) is 6.22. The third kappa shape index (κ3) is 6.52. The number of amides is 2. The van der Waals surface area contributed by atoms with Crippen LogP contribution in [-0.4, -0.2) is 52.1 Å². The largest absolute Gasteiger partial charge is 0.573 e. The Hall–Kier alpha value is -3.56. The van der Waals surface area contributed by atoms with Gasteiger partial charge >= 0.3 is 6.36 Å². The van der Waals surface area contributed by atoms with Crippen LogP contribution >= 0.6 is 0 Å². The summed E-state index contributed by atoms with van der Waals surface area (Å²) in [6.07, 6.45) is 4.74. The molecule has 1 aliphatic rings. The number of nitrogens with one attached hydrogen (secondary N) is 1. The lowest BCUT2D eigenvalue weighted by Gasteiger charge is -2.32. The number of rotatable bonds is 8. The molecular weight excluding hydrogens is 461 g/mol. The molecule has 1 aromatic carbocycles. The maximum absolute atomic E-state index is 12.8. The molecule has 1 aliphatic heterocycles.